The summed E-state index contributed by atoms with van der Waals surface area (Å²) in [7, 11) is 0. The highest BCUT2D eigenvalue weighted by molar-refractivity contribution is 6.50. The number of hydrogen-bond donors (Lipinski definition) is 2. The summed E-state index contributed by atoms with van der Waals surface area (Å²) >= 11 is 0. The third-order valence-electron chi connectivity index (χ3n) is 7.23. The van der Waals surface area contributed by atoms with Crippen molar-refractivity contribution in [3.63, 3.8) is 0 Å². The van der Waals surface area contributed by atoms with Gasteiger partial charge >= 0.3 is 0 Å². The van der Waals surface area contributed by atoms with E-state index in [9.17, 15) is 9.59 Å². The van der Waals surface area contributed by atoms with E-state index in [-0.39, 0.29) is 17.4 Å². The molecule has 2 aromatic heterocycles. The molecule has 2 aliphatic heterocycles. The molecule has 5 heteroatoms. The van der Waals surface area contributed by atoms with Crippen LogP contribution < -0.4 is 5.32 Å². The molecule has 0 bridgehead atoms. The van der Waals surface area contributed by atoms with Gasteiger partial charge in [-0.2, -0.15) is 0 Å². The molecule has 2 amide bonds. The summed E-state index contributed by atoms with van der Waals surface area (Å²) in [5, 5.41) is 4.57. The number of fused-ring (bicyclic) bond motifs is 1. The zero-order chi connectivity index (χ0) is 22.4. The van der Waals surface area contributed by atoms with E-state index in [4.69, 9.17) is 0 Å². The van der Waals surface area contributed by atoms with Crippen LogP contribution in [0.3, 0.4) is 0 Å². The highest BCUT2D eigenvalue weighted by Gasteiger charge is 2.38. The fourth-order valence-corrected chi connectivity index (χ4v) is 5.84. The monoisotopic (exact) mass is 423 g/mol. The number of hydrogen-bond acceptors (Lipinski definition) is 2. The van der Waals surface area contributed by atoms with E-state index in [1.165, 1.54) is 11.1 Å². The molecular weight excluding hydrogens is 398 g/mol. The quantitative estimate of drug-likeness (QED) is 0.433. The van der Waals surface area contributed by atoms with Crippen LogP contribution in [0.5, 0.6) is 0 Å². The summed E-state index contributed by atoms with van der Waals surface area (Å²) in [5.74, 6) is -0.249. The van der Waals surface area contributed by atoms with E-state index in [0.717, 1.165) is 39.4 Å². The second kappa shape index (κ2) is 6.22. The largest absolute Gasteiger partial charge is 0.361 e. The van der Waals surface area contributed by atoms with Gasteiger partial charge in [0.15, 0.2) is 0 Å². The topological polar surface area (TPSA) is 66.9 Å². The van der Waals surface area contributed by atoms with Crippen molar-refractivity contribution in [1.29, 1.82) is 0 Å². The van der Waals surface area contributed by atoms with Crippen LogP contribution in [-0.4, -0.2) is 21.4 Å². The first-order valence-electron chi connectivity index (χ1n) is 11.1. The molecular formula is C27H25N3O2. The van der Waals surface area contributed by atoms with Crippen LogP contribution >= 0.6 is 0 Å². The average molecular weight is 424 g/mol. The Bertz CT molecular complexity index is 1510. The van der Waals surface area contributed by atoms with Gasteiger partial charge < -0.3 is 9.55 Å². The number of benzene rings is 2. The fourth-order valence-electron chi connectivity index (χ4n) is 5.84. The normalized spacial score (nSPS) is 19.9. The number of carbonyl (C=O) groups is 2. The first-order chi connectivity index (χ1) is 15.3. The second-order valence-corrected chi connectivity index (χ2v) is 9.81. The van der Waals surface area contributed by atoms with Gasteiger partial charge in [-0.15, -0.1) is 0 Å². The van der Waals surface area contributed by atoms with Crippen molar-refractivity contribution in [2.45, 2.75) is 45.6 Å². The zero-order valence-electron chi connectivity index (χ0n) is 18.7. The molecule has 5 nitrogen and oxygen atoms in total. The molecule has 6 rings (SSSR count). The lowest BCUT2D eigenvalue weighted by Gasteiger charge is -2.36. The maximum Gasteiger partial charge on any atom is 0.259 e. The van der Waals surface area contributed by atoms with Crippen molar-refractivity contribution in [3.05, 3.63) is 71.0 Å². The van der Waals surface area contributed by atoms with E-state index < -0.39 is 0 Å². The minimum Gasteiger partial charge on any atom is -0.361 e. The Hall–Kier alpha value is -3.60. The number of nitrogens with zero attached hydrogens (tertiary/aromatic N) is 1. The van der Waals surface area contributed by atoms with Crippen LogP contribution in [0.4, 0.5) is 0 Å². The summed E-state index contributed by atoms with van der Waals surface area (Å²) < 4.78 is 2.32. The van der Waals surface area contributed by atoms with E-state index in [0.29, 0.717) is 17.1 Å². The fraction of sp³-hybridized carbons (Fsp3) is 0.259. The van der Waals surface area contributed by atoms with Crippen LogP contribution in [0.15, 0.2) is 48.8 Å². The van der Waals surface area contributed by atoms with Crippen LogP contribution in [0.2, 0.25) is 0 Å². The van der Waals surface area contributed by atoms with Gasteiger partial charge in [-0.3, -0.25) is 14.9 Å². The number of rotatable bonds is 2. The first-order valence-corrected chi connectivity index (χ1v) is 11.1. The molecule has 2 aromatic carbocycles. The average Bonchev–Trinajstić information content (AvgIpc) is 3.41. The van der Waals surface area contributed by atoms with Gasteiger partial charge in [0.25, 0.3) is 11.8 Å². The van der Waals surface area contributed by atoms with Crippen molar-refractivity contribution in [3.8, 4) is 0 Å². The lowest BCUT2D eigenvalue weighted by molar-refractivity contribution is -0.122. The number of carbonyl (C=O) groups excluding carboxylic acids is 2. The molecule has 0 saturated carbocycles. The summed E-state index contributed by atoms with van der Waals surface area (Å²) in [6.07, 6.45) is 4.95. The second-order valence-electron chi connectivity index (χ2n) is 9.81. The molecule has 160 valence electrons. The molecule has 4 aromatic rings. The maximum absolute atomic E-state index is 13.2. The Morgan fingerprint density at radius 3 is 2.50 bits per heavy atom. The molecule has 0 radical (unpaired) electrons. The molecule has 4 heterocycles. The summed E-state index contributed by atoms with van der Waals surface area (Å²) in [4.78, 5) is 29.5. The van der Waals surface area contributed by atoms with Crippen LogP contribution in [0, 0.1) is 6.92 Å². The van der Waals surface area contributed by atoms with Crippen molar-refractivity contribution >= 4 is 44.8 Å². The Kier molecular flexibility index (Phi) is 3.72. The number of para-hydroxylation sites is 1. The van der Waals surface area contributed by atoms with E-state index in [1.54, 1.807) is 0 Å². The van der Waals surface area contributed by atoms with Gasteiger partial charge in [-0.05, 0) is 50.3 Å². The first kappa shape index (κ1) is 19.1. The van der Waals surface area contributed by atoms with E-state index in [1.807, 2.05) is 30.5 Å². The molecule has 1 atom stereocenters. The number of aryl methyl sites for hydroxylation is 1. The summed E-state index contributed by atoms with van der Waals surface area (Å²) in [6.45, 7) is 8.84. The third-order valence-corrected chi connectivity index (χ3v) is 7.23. The summed E-state index contributed by atoms with van der Waals surface area (Å²) in [5.41, 5.74) is 6.96. The number of aromatic amines is 1. The Labute approximate surface area is 186 Å². The Morgan fingerprint density at radius 1 is 1.00 bits per heavy atom. The van der Waals surface area contributed by atoms with Gasteiger partial charge in [0.1, 0.15) is 0 Å². The van der Waals surface area contributed by atoms with Crippen LogP contribution in [-0.2, 0) is 15.1 Å². The SMILES string of the molecule is Cc1ccc2c3c1c(C1=C(c4c[nH]c5ccccc45)C(=O)NC1=O)cn3C(C)(C)CC2C. The number of imide groups is 1. The number of H-pyrrole nitrogens is 1. The van der Waals surface area contributed by atoms with Crippen LogP contribution in [0.25, 0.3) is 33.0 Å². The zero-order valence-corrected chi connectivity index (χ0v) is 18.7. The van der Waals surface area contributed by atoms with E-state index in [2.05, 4.69) is 60.9 Å². The molecule has 2 aliphatic rings. The molecule has 0 saturated heterocycles. The Morgan fingerprint density at radius 2 is 1.72 bits per heavy atom. The minimum atomic E-state index is -0.341. The van der Waals surface area contributed by atoms with Crippen LogP contribution in [0.1, 0.15) is 55.4 Å². The van der Waals surface area contributed by atoms with Gasteiger partial charge in [-0.1, -0.05) is 37.3 Å². The Balaban J connectivity index is 1.74. The van der Waals surface area contributed by atoms with Crippen molar-refractivity contribution in [2.75, 3.05) is 0 Å². The molecule has 32 heavy (non-hydrogen) atoms. The van der Waals surface area contributed by atoms with E-state index >= 15 is 0 Å². The smallest absolute Gasteiger partial charge is 0.259 e. The predicted molar refractivity (Wildman–Crippen MR) is 127 cm³/mol. The van der Waals surface area contributed by atoms with Crippen molar-refractivity contribution in [1.82, 2.24) is 14.9 Å². The molecule has 0 fully saturated rings. The minimum absolute atomic E-state index is 0.0860. The van der Waals surface area contributed by atoms with Gasteiger partial charge in [-0.25, -0.2) is 0 Å². The number of aromatic nitrogens is 2. The third kappa shape index (κ3) is 2.39. The molecule has 0 spiro atoms. The lowest BCUT2D eigenvalue weighted by atomic mass is 9.82. The highest BCUT2D eigenvalue weighted by atomic mass is 16.2. The van der Waals surface area contributed by atoms with Crippen molar-refractivity contribution in [2.24, 2.45) is 0 Å². The van der Waals surface area contributed by atoms with Gasteiger partial charge in [0.2, 0.25) is 0 Å². The lowest BCUT2D eigenvalue weighted by Crippen LogP contribution is -2.31. The standard InChI is InChI=1S/C27H25N3O2/c1-14-9-10-16-15(2)11-27(3,4)30-13-19(21(14)24(16)30)23-22(25(31)29-26(23)32)18-12-28-20-8-6-5-7-17(18)20/h5-10,12-13,15,28H,11H2,1-4H3,(H,29,31,32). The maximum atomic E-state index is 13.2. The highest BCUT2D eigenvalue weighted by Crippen LogP contribution is 2.47. The van der Waals surface area contributed by atoms with Crippen molar-refractivity contribution < 1.29 is 9.59 Å². The predicted octanol–water partition coefficient (Wildman–Crippen LogP) is 5.24. The van der Waals surface area contributed by atoms with Gasteiger partial charge in [0.05, 0.1) is 16.7 Å². The summed E-state index contributed by atoms with van der Waals surface area (Å²) in [6, 6.07) is 12.2. The molecule has 1 unspecified atom stereocenters. The number of nitrogens with one attached hydrogen (secondary N) is 2. The molecule has 2 N–H and O–H groups in total. The molecule has 0 aliphatic carbocycles. The number of amides is 2. The van der Waals surface area contributed by atoms with Gasteiger partial charge in [0, 0.05) is 45.3 Å².